The first-order chi connectivity index (χ1) is 9.04. The fourth-order valence-corrected chi connectivity index (χ4v) is 4.75. The smallest absolute Gasteiger partial charge is 0.155 e. The van der Waals surface area contributed by atoms with E-state index in [1.54, 1.807) is 6.92 Å². The SMILES string of the molecule is CC1OC(COPP)C(OP)C(OP(P)PP)C1[18F]. The second kappa shape index (κ2) is 10.5. The number of hydrogen-bond acceptors (Lipinski definition) is 4. The van der Waals surface area contributed by atoms with Crippen LogP contribution in [-0.2, 0) is 18.3 Å². The molecule has 0 amide bonds. The highest BCUT2D eigenvalue weighted by molar-refractivity contribution is 8.59. The molecule has 0 aromatic rings. The van der Waals surface area contributed by atoms with Crippen molar-refractivity contribution in [3.05, 3.63) is 0 Å². The van der Waals surface area contributed by atoms with Gasteiger partial charge in [-0.25, -0.2) is 4.39 Å². The average Bonchev–Trinajstić information content (AvgIpc) is 2.41. The van der Waals surface area contributed by atoms with Crippen LogP contribution in [0.2, 0.25) is 0 Å². The van der Waals surface area contributed by atoms with E-state index in [0.29, 0.717) is 14.6 Å². The molecule has 0 aromatic heterocycles. The minimum Gasteiger partial charge on any atom is -0.367 e. The molecule has 1 rings (SSSR count). The van der Waals surface area contributed by atoms with Crippen molar-refractivity contribution in [2.24, 2.45) is 0 Å². The second-order valence-electron chi connectivity index (χ2n) is 3.88. The van der Waals surface area contributed by atoms with Crippen molar-refractivity contribution >= 4 is 60.2 Å². The Morgan fingerprint density at radius 3 is 2.58 bits per heavy atom. The molecule has 12 atom stereocenters. The average molecular weight is 403 g/mol. The van der Waals surface area contributed by atoms with E-state index < -0.39 is 32.0 Å². The van der Waals surface area contributed by atoms with E-state index in [-0.39, 0.29) is 14.6 Å². The molecule has 19 heavy (non-hydrogen) atoms. The summed E-state index contributed by atoms with van der Waals surface area (Å²) in [6.45, 7) is 2.08. The van der Waals surface area contributed by atoms with E-state index in [4.69, 9.17) is 18.3 Å². The van der Waals surface area contributed by atoms with Crippen LogP contribution in [-0.4, -0.2) is 37.2 Å². The summed E-state index contributed by atoms with van der Waals surface area (Å²) in [6, 6.07) is 0. The molecular weight excluding hydrogens is 383 g/mol. The number of halogens is 1. The van der Waals surface area contributed by atoms with Gasteiger partial charge < -0.3 is 18.3 Å². The molecule has 0 aromatic carbocycles. The molecule has 12 heteroatoms. The summed E-state index contributed by atoms with van der Waals surface area (Å²) in [7, 11) is 10.0. The molecule has 0 saturated carbocycles. The van der Waals surface area contributed by atoms with Crippen molar-refractivity contribution in [1.82, 2.24) is 0 Å². The zero-order chi connectivity index (χ0) is 14.4. The number of hydrogen-bond donors (Lipinski definition) is 0. The highest BCUT2D eigenvalue weighted by Gasteiger charge is 2.46. The third-order valence-electron chi connectivity index (χ3n) is 2.69. The molecule has 114 valence electrons. The maximum Gasteiger partial charge on any atom is 0.155 e. The van der Waals surface area contributed by atoms with Crippen LogP contribution in [0.4, 0.5) is 4.39 Å². The summed E-state index contributed by atoms with van der Waals surface area (Å²) in [6.07, 6.45) is -3.15. The van der Waals surface area contributed by atoms with Gasteiger partial charge >= 0.3 is 0 Å². The molecule has 12 unspecified atom stereocenters. The monoisotopic (exact) mass is 403 g/mol. The summed E-state index contributed by atoms with van der Waals surface area (Å²) in [5, 5.41) is 0. The normalized spacial score (nSPS) is 38.5. The second-order valence-corrected chi connectivity index (χ2v) is 13.9. The molecule has 1 fully saturated rings. The van der Waals surface area contributed by atoms with Gasteiger partial charge in [-0.05, 0) is 14.9 Å². The van der Waals surface area contributed by atoms with E-state index >= 15 is 0 Å². The molecule has 4 nitrogen and oxygen atoms in total. The molecular formula is C7H20FO4P7. The third-order valence-corrected chi connectivity index (χ3v) is 12.3. The van der Waals surface area contributed by atoms with Crippen LogP contribution in [0.15, 0.2) is 0 Å². The zero-order valence-corrected chi connectivity index (χ0v) is 17.9. The van der Waals surface area contributed by atoms with Gasteiger partial charge in [0, 0.05) is 18.0 Å². The van der Waals surface area contributed by atoms with Crippen LogP contribution >= 0.6 is 60.2 Å². The Balaban J connectivity index is 2.75. The van der Waals surface area contributed by atoms with Crippen molar-refractivity contribution < 1.29 is 22.7 Å². The molecule has 0 aliphatic carbocycles. The molecule has 0 N–H and O–H groups in total. The van der Waals surface area contributed by atoms with Crippen molar-refractivity contribution in [2.75, 3.05) is 6.61 Å². The minimum absolute atomic E-state index is 0.285. The Bertz CT molecular complexity index is 266. The van der Waals surface area contributed by atoms with Gasteiger partial charge in [0.1, 0.15) is 18.3 Å². The summed E-state index contributed by atoms with van der Waals surface area (Å²) < 4.78 is 36.4. The highest BCUT2D eigenvalue weighted by Crippen LogP contribution is 2.67. The third kappa shape index (κ3) is 6.06. The fourth-order valence-electron chi connectivity index (χ4n) is 1.80. The van der Waals surface area contributed by atoms with Gasteiger partial charge in [-0.15, -0.1) is 8.93 Å². The Morgan fingerprint density at radius 2 is 2.05 bits per heavy atom. The predicted molar refractivity (Wildman–Crippen MR) is 97.3 cm³/mol. The first kappa shape index (κ1) is 19.8. The van der Waals surface area contributed by atoms with Crippen LogP contribution in [0, 0.1) is 0 Å². The number of ether oxygens (including phenoxy) is 1. The lowest BCUT2D eigenvalue weighted by Crippen LogP contribution is -2.56. The van der Waals surface area contributed by atoms with Gasteiger partial charge in [-0.3, -0.25) is 0 Å². The minimum atomic E-state index is -1.20. The lowest BCUT2D eigenvalue weighted by molar-refractivity contribution is -0.184. The van der Waals surface area contributed by atoms with Crippen molar-refractivity contribution in [2.45, 2.75) is 37.5 Å². The van der Waals surface area contributed by atoms with Crippen molar-refractivity contribution in [1.29, 1.82) is 0 Å². The van der Waals surface area contributed by atoms with Gasteiger partial charge in [0.2, 0.25) is 0 Å². The molecule has 0 spiro atoms. The van der Waals surface area contributed by atoms with Gasteiger partial charge in [0.15, 0.2) is 6.17 Å². The van der Waals surface area contributed by atoms with Crippen LogP contribution in [0.25, 0.3) is 0 Å². The van der Waals surface area contributed by atoms with Crippen molar-refractivity contribution in [3.8, 4) is 0 Å². The largest absolute Gasteiger partial charge is 0.367 e. The summed E-state index contributed by atoms with van der Waals surface area (Å²) in [5.41, 5.74) is 0. The first-order valence-electron chi connectivity index (χ1n) is 5.45. The molecule has 1 saturated heterocycles. The van der Waals surface area contributed by atoms with Crippen molar-refractivity contribution in [3.63, 3.8) is 0 Å². The number of rotatable bonds is 7. The highest BCUT2D eigenvalue weighted by atomic mass is 32.6. The molecule has 1 aliphatic heterocycles. The standard InChI is InChI=1S/C7H20FO4P7/c1-3-5(8)7(12-19(16)18-15)6(11-13)4(10-3)2-9-17-14/h3-7,17-18H,2,13-16H2,1H3/i8-1. The maximum atomic E-state index is 14.3. The Morgan fingerprint density at radius 1 is 1.37 bits per heavy atom. The maximum absolute atomic E-state index is 14.3. The summed E-state index contributed by atoms with van der Waals surface area (Å²) >= 11 is 0. The molecule has 1 aliphatic rings. The molecule has 0 radical (unpaired) electrons. The van der Waals surface area contributed by atoms with Crippen LogP contribution in [0.1, 0.15) is 6.92 Å². The molecule has 1 heterocycles. The first-order valence-corrected chi connectivity index (χ1v) is 15.2. The zero-order valence-electron chi connectivity index (χ0n) is 10.4. The van der Waals surface area contributed by atoms with Gasteiger partial charge in [-0.1, -0.05) is 17.9 Å². The van der Waals surface area contributed by atoms with Gasteiger partial charge in [0.05, 0.1) is 20.2 Å². The quantitative estimate of drug-likeness (QED) is 0.609. The van der Waals surface area contributed by atoms with E-state index in [9.17, 15) is 4.39 Å². The summed E-state index contributed by atoms with van der Waals surface area (Å²) in [4.78, 5) is 0. The van der Waals surface area contributed by atoms with E-state index in [0.717, 1.165) is 0 Å². The lowest BCUT2D eigenvalue weighted by Gasteiger charge is -2.42. The Labute approximate surface area is 127 Å². The predicted octanol–water partition coefficient (Wildman–Crippen LogP) is 3.64. The van der Waals surface area contributed by atoms with Crippen LogP contribution in [0.5, 0.6) is 0 Å². The van der Waals surface area contributed by atoms with Crippen LogP contribution in [0.3, 0.4) is 0 Å². The van der Waals surface area contributed by atoms with Gasteiger partial charge in [-0.2, -0.15) is 0 Å². The lowest BCUT2D eigenvalue weighted by atomic mass is 9.97. The number of alkyl halides is 1. The van der Waals surface area contributed by atoms with E-state index in [1.807, 2.05) is 0 Å². The van der Waals surface area contributed by atoms with Crippen LogP contribution < -0.4 is 0 Å². The topological polar surface area (TPSA) is 36.9 Å². The van der Waals surface area contributed by atoms with E-state index in [2.05, 4.69) is 36.3 Å². The molecule has 0 bridgehead atoms. The Kier molecular flexibility index (Phi) is 11.0. The Hall–Kier alpha value is 2.78. The van der Waals surface area contributed by atoms with E-state index in [1.165, 1.54) is 0 Å². The summed E-state index contributed by atoms with van der Waals surface area (Å²) in [5.74, 6) is 0. The van der Waals surface area contributed by atoms with Gasteiger partial charge in [0.25, 0.3) is 0 Å². The fraction of sp³-hybridized carbons (Fsp3) is 1.00.